The van der Waals surface area contributed by atoms with Crippen LogP contribution in [-0.4, -0.2) is 29.5 Å². The predicted octanol–water partition coefficient (Wildman–Crippen LogP) is -0.867. The van der Waals surface area contributed by atoms with E-state index >= 15 is 0 Å². The average Bonchev–Trinajstić information content (AvgIpc) is 2.06. The molecule has 116 valence electrons. The number of carbonyl (C=O) groups is 1. The van der Waals surface area contributed by atoms with Crippen LogP contribution in [0, 0.1) is 0 Å². The van der Waals surface area contributed by atoms with Gasteiger partial charge in [0.2, 0.25) is 0 Å². The molecule has 0 aliphatic carbocycles. The van der Waals surface area contributed by atoms with E-state index in [1.165, 1.54) is 0 Å². The van der Waals surface area contributed by atoms with E-state index in [0.717, 1.165) is 12.1 Å². The van der Waals surface area contributed by atoms with Gasteiger partial charge in [-0.2, -0.15) is 0 Å². The SMILES string of the molecule is N.O.O=C([O-])c1cc(Br)cc(S(=O)(=O)[O-])c1O.[Ag+].[NH4+]. The van der Waals surface area contributed by atoms with Gasteiger partial charge in [0.1, 0.15) is 15.9 Å². The van der Waals surface area contributed by atoms with Crippen molar-refractivity contribution in [3.8, 4) is 5.75 Å². The Kier molecular flexibility index (Phi) is 13.3. The molecule has 0 aliphatic heterocycles. The van der Waals surface area contributed by atoms with Crippen molar-refractivity contribution in [3.63, 3.8) is 0 Å². The zero-order chi connectivity index (χ0) is 11.8. The van der Waals surface area contributed by atoms with Crippen LogP contribution in [0.1, 0.15) is 10.4 Å². The molecule has 0 fully saturated rings. The van der Waals surface area contributed by atoms with Gasteiger partial charge in [-0.1, -0.05) is 15.9 Å². The number of quaternary nitrogens is 1. The summed E-state index contributed by atoms with van der Waals surface area (Å²) in [5.41, 5.74) is -0.765. The number of hydrogen-bond donors (Lipinski definition) is 3. The first-order chi connectivity index (χ1) is 6.73. The summed E-state index contributed by atoms with van der Waals surface area (Å²) >= 11 is 2.80. The Bertz CT molecular complexity index is 536. The third-order valence-electron chi connectivity index (χ3n) is 1.53. The number of carbonyl (C=O) groups excluding carboxylic acids is 1. The molecule has 9 nitrogen and oxygen atoms in total. The Morgan fingerprint density at radius 3 is 2.05 bits per heavy atom. The van der Waals surface area contributed by atoms with Crippen LogP contribution in [0.15, 0.2) is 21.5 Å². The topological polar surface area (TPSA) is 221 Å². The molecule has 0 atom stereocenters. The van der Waals surface area contributed by atoms with Gasteiger partial charge in [-0.05, 0) is 12.1 Å². The Labute approximate surface area is 132 Å². The summed E-state index contributed by atoms with van der Waals surface area (Å²) in [5, 5.41) is 19.7. The first-order valence-corrected chi connectivity index (χ1v) is 5.63. The van der Waals surface area contributed by atoms with Crippen LogP contribution in [0.4, 0.5) is 0 Å². The maximum Gasteiger partial charge on any atom is 1.00 e. The second kappa shape index (κ2) is 9.41. The number of halogens is 1. The van der Waals surface area contributed by atoms with E-state index in [9.17, 15) is 28.0 Å². The van der Waals surface area contributed by atoms with Crippen LogP contribution in [0.3, 0.4) is 0 Å². The summed E-state index contributed by atoms with van der Waals surface area (Å²) < 4.78 is 31.9. The van der Waals surface area contributed by atoms with Crippen molar-refractivity contribution in [1.82, 2.24) is 12.3 Å². The molecular formula is C7H12AgBrN2O7S. The van der Waals surface area contributed by atoms with E-state index < -0.39 is 32.3 Å². The van der Waals surface area contributed by atoms with Crippen LogP contribution < -0.4 is 17.4 Å². The van der Waals surface area contributed by atoms with E-state index in [1.54, 1.807) is 0 Å². The molecule has 0 bridgehead atoms. The van der Waals surface area contributed by atoms with E-state index in [1.807, 2.05) is 0 Å². The molecule has 0 amide bonds. The van der Waals surface area contributed by atoms with Gasteiger partial charge in [0.15, 0.2) is 0 Å². The van der Waals surface area contributed by atoms with Gasteiger partial charge in [-0.3, -0.25) is 0 Å². The molecule has 19 heavy (non-hydrogen) atoms. The third-order valence-corrected chi connectivity index (χ3v) is 2.84. The standard InChI is InChI=1S/C7H5BrO6S.Ag.2H3N.H2O/c8-3-1-4(7(10)11)6(9)5(2-3)15(12,13)14;;;;/h1-2,9H,(H,10,11)(H,12,13,14);;2*1H3;1H2/q;+1;;;/p-1. The molecule has 0 aromatic heterocycles. The molecule has 0 aliphatic rings. The summed E-state index contributed by atoms with van der Waals surface area (Å²) in [4.78, 5) is 9.46. The molecule has 0 saturated heterocycles. The van der Waals surface area contributed by atoms with Crippen LogP contribution in [-0.2, 0) is 32.5 Å². The maximum atomic E-state index is 10.6. The Balaban J connectivity index is -0.000000281. The van der Waals surface area contributed by atoms with Gasteiger partial charge in [0.05, 0.1) is 10.9 Å². The Morgan fingerprint density at radius 2 is 1.74 bits per heavy atom. The zero-order valence-corrected chi connectivity index (χ0v) is 13.3. The van der Waals surface area contributed by atoms with Crippen molar-refractivity contribution in [2.75, 3.05) is 0 Å². The van der Waals surface area contributed by atoms with Crippen molar-refractivity contribution < 1.29 is 55.8 Å². The predicted molar refractivity (Wildman–Crippen MR) is 62.7 cm³/mol. The minimum Gasteiger partial charge on any atom is -0.744 e. The summed E-state index contributed by atoms with van der Waals surface area (Å²) in [5.74, 6) is -2.90. The Hall–Kier alpha value is -0.500. The van der Waals surface area contributed by atoms with Crippen LogP contribution in [0.25, 0.3) is 0 Å². The first kappa shape index (κ1) is 26.9. The minimum absolute atomic E-state index is 0. The van der Waals surface area contributed by atoms with E-state index in [2.05, 4.69) is 15.9 Å². The molecule has 0 heterocycles. The van der Waals surface area contributed by atoms with Gasteiger partial charge in [-0.15, -0.1) is 0 Å². The molecule has 0 spiro atoms. The molecule has 0 unspecified atom stereocenters. The monoisotopic (exact) mass is 454 g/mol. The molecular weight excluding hydrogens is 444 g/mol. The molecule has 1 aromatic carbocycles. The molecule has 10 N–H and O–H groups in total. The fraction of sp³-hybridized carbons (Fsp3) is 0. The van der Waals surface area contributed by atoms with E-state index in [-0.39, 0.29) is 44.6 Å². The van der Waals surface area contributed by atoms with Gasteiger partial charge in [0.25, 0.3) is 0 Å². The number of aromatic hydroxyl groups is 1. The average molecular weight is 456 g/mol. The number of hydrogen-bond acceptors (Lipinski definition) is 7. The van der Waals surface area contributed by atoms with E-state index in [0.29, 0.717) is 0 Å². The third kappa shape index (κ3) is 6.47. The summed E-state index contributed by atoms with van der Waals surface area (Å²) in [6, 6.07) is 1.74. The van der Waals surface area contributed by atoms with Crippen molar-refractivity contribution in [3.05, 3.63) is 22.2 Å². The number of carboxylic acid groups (broad SMARTS) is 1. The number of carboxylic acids is 1. The normalized spacial score (nSPS) is 8.95. The van der Waals surface area contributed by atoms with Gasteiger partial charge in [0, 0.05) is 10.0 Å². The summed E-state index contributed by atoms with van der Waals surface area (Å²) in [6.07, 6.45) is 0. The molecule has 0 saturated carbocycles. The van der Waals surface area contributed by atoms with Gasteiger partial charge >= 0.3 is 22.4 Å². The van der Waals surface area contributed by atoms with Crippen molar-refractivity contribution in [1.29, 1.82) is 0 Å². The van der Waals surface area contributed by atoms with Crippen molar-refractivity contribution in [2.45, 2.75) is 4.90 Å². The summed E-state index contributed by atoms with van der Waals surface area (Å²) in [6.45, 7) is 0. The van der Waals surface area contributed by atoms with Crippen LogP contribution in [0.2, 0.25) is 0 Å². The van der Waals surface area contributed by atoms with Crippen LogP contribution in [0.5, 0.6) is 5.75 Å². The number of rotatable bonds is 2. The van der Waals surface area contributed by atoms with Crippen LogP contribution >= 0.6 is 15.9 Å². The largest absolute Gasteiger partial charge is 1.00 e. The maximum absolute atomic E-state index is 10.6. The molecule has 1 aromatic rings. The van der Waals surface area contributed by atoms with Crippen molar-refractivity contribution in [2.24, 2.45) is 0 Å². The zero-order valence-electron chi connectivity index (χ0n) is 9.44. The quantitative estimate of drug-likeness (QED) is 0.377. The second-order valence-electron chi connectivity index (χ2n) is 2.54. The molecule has 1 rings (SSSR count). The minimum atomic E-state index is -4.93. The smallest absolute Gasteiger partial charge is 0.744 e. The Morgan fingerprint density at radius 1 is 1.32 bits per heavy atom. The second-order valence-corrected chi connectivity index (χ2v) is 4.81. The van der Waals surface area contributed by atoms with Gasteiger partial charge in [-0.25, -0.2) is 8.42 Å². The number of phenols is 1. The first-order valence-electron chi connectivity index (χ1n) is 3.43. The number of benzene rings is 1. The summed E-state index contributed by atoms with van der Waals surface area (Å²) in [7, 11) is -4.93. The fourth-order valence-electron chi connectivity index (χ4n) is 0.920. The molecule has 0 radical (unpaired) electrons. The van der Waals surface area contributed by atoms with Crippen molar-refractivity contribution >= 4 is 32.0 Å². The van der Waals surface area contributed by atoms with E-state index in [4.69, 9.17) is 0 Å². The number of aromatic carboxylic acids is 1. The fourth-order valence-corrected chi connectivity index (χ4v) is 2.15. The molecule has 12 heteroatoms. The van der Waals surface area contributed by atoms with Gasteiger partial charge < -0.3 is 37.3 Å².